The number of carbonyl (C=O) groups excluding carboxylic acids is 1. The minimum absolute atomic E-state index is 0.00727. The van der Waals surface area contributed by atoms with Gasteiger partial charge in [-0.05, 0) is 18.8 Å². The van der Waals surface area contributed by atoms with Crippen LogP contribution < -0.4 is 11.1 Å². The average molecular weight is 252 g/mol. The molecule has 0 spiro atoms. The van der Waals surface area contributed by atoms with Crippen LogP contribution in [0.1, 0.15) is 45.3 Å². The first-order chi connectivity index (χ1) is 8.54. The first-order valence-electron chi connectivity index (χ1n) is 6.56. The van der Waals surface area contributed by atoms with Gasteiger partial charge in [0.15, 0.2) is 0 Å². The topological polar surface area (TPSA) is 72.9 Å². The zero-order valence-corrected chi connectivity index (χ0v) is 11.5. The van der Waals surface area contributed by atoms with Gasteiger partial charge < -0.3 is 15.6 Å². The Morgan fingerprint density at radius 3 is 2.89 bits per heavy atom. The Bertz CT molecular complexity index is 373. The molecular weight excluding hydrogens is 228 g/mol. The van der Waals surface area contributed by atoms with Gasteiger partial charge in [0.25, 0.3) is 0 Å². The molecule has 1 aromatic rings. The molecule has 3 N–H and O–H groups in total. The van der Waals surface area contributed by atoms with Gasteiger partial charge in [0, 0.05) is 18.8 Å². The maximum Gasteiger partial charge on any atom is 0.239 e. The summed E-state index contributed by atoms with van der Waals surface area (Å²) in [5.74, 6) is 0.533. The van der Waals surface area contributed by atoms with Gasteiger partial charge in [0.2, 0.25) is 5.91 Å². The smallest absolute Gasteiger partial charge is 0.239 e. The summed E-state index contributed by atoms with van der Waals surface area (Å²) in [6.45, 7) is 7.30. The van der Waals surface area contributed by atoms with Crippen LogP contribution in [0.5, 0.6) is 0 Å². The molecule has 0 aliphatic heterocycles. The maximum atomic E-state index is 11.7. The first kappa shape index (κ1) is 14.7. The van der Waals surface area contributed by atoms with Crippen LogP contribution in [0.15, 0.2) is 12.5 Å². The zero-order chi connectivity index (χ0) is 13.5. The minimum Gasteiger partial charge on any atom is -0.355 e. The molecule has 0 radical (unpaired) electrons. The normalized spacial score (nSPS) is 12.7. The van der Waals surface area contributed by atoms with E-state index in [9.17, 15) is 4.79 Å². The second-order valence-electron chi connectivity index (χ2n) is 5.03. The third kappa shape index (κ3) is 4.49. The van der Waals surface area contributed by atoms with E-state index in [0.29, 0.717) is 19.0 Å². The number of amides is 1. The Kier molecular flexibility index (Phi) is 5.85. The van der Waals surface area contributed by atoms with Gasteiger partial charge in [0.05, 0.1) is 12.0 Å². The number of nitrogens with two attached hydrogens (primary N) is 1. The van der Waals surface area contributed by atoms with Gasteiger partial charge in [-0.25, -0.2) is 4.98 Å². The van der Waals surface area contributed by atoms with Gasteiger partial charge in [0.1, 0.15) is 6.54 Å². The molecule has 0 saturated carbocycles. The summed E-state index contributed by atoms with van der Waals surface area (Å²) in [4.78, 5) is 15.8. The highest BCUT2D eigenvalue weighted by Crippen LogP contribution is 2.18. The molecule has 5 heteroatoms. The number of nitrogens with one attached hydrogen (secondary N) is 1. The van der Waals surface area contributed by atoms with E-state index in [-0.39, 0.29) is 11.9 Å². The van der Waals surface area contributed by atoms with Gasteiger partial charge in [-0.2, -0.15) is 0 Å². The Morgan fingerprint density at radius 1 is 1.56 bits per heavy atom. The van der Waals surface area contributed by atoms with Crippen molar-refractivity contribution in [3.05, 3.63) is 18.2 Å². The summed E-state index contributed by atoms with van der Waals surface area (Å²) in [6.07, 6.45) is 5.25. The van der Waals surface area contributed by atoms with Crippen LogP contribution in [0.3, 0.4) is 0 Å². The predicted molar refractivity (Wildman–Crippen MR) is 71.9 cm³/mol. The van der Waals surface area contributed by atoms with Crippen molar-refractivity contribution >= 4 is 5.91 Å². The largest absolute Gasteiger partial charge is 0.355 e. The average Bonchev–Trinajstić information content (AvgIpc) is 2.73. The lowest BCUT2D eigenvalue weighted by molar-refractivity contribution is -0.121. The standard InChI is InChI=1S/C13H24N4O/c1-4-5-16-13(18)8-17-9-15-7-12(17)11(14)6-10(2)3/h7,9-11H,4-6,8,14H2,1-3H3,(H,16,18). The van der Waals surface area contributed by atoms with Crippen LogP contribution in [-0.2, 0) is 11.3 Å². The molecule has 1 atom stereocenters. The van der Waals surface area contributed by atoms with Crippen molar-refractivity contribution in [1.29, 1.82) is 0 Å². The van der Waals surface area contributed by atoms with Crippen LogP contribution in [0.2, 0.25) is 0 Å². The predicted octanol–water partition coefficient (Wildman–Crippen LogP) is 1.46. The van der Waals surface area contributed by atoms with Crippen molar-refractivity contribution in [2.24, 2.45) is 11.7 Å². The van der Waals surface area contributed by atoms with Crippen molar-refractivity contribution in [3.8, 4) is 0 Å². The lowest BCUT2D eigenvalue weighted by atomic mass is 10.0. The fraction of sp³-hybridized carbons (Fsp3) is 0.692. The Balaban J connectivity index is 2.61. The van der Waals surface area contributed by atoms with E-state index in [1.165, 1.54) is 0 Å². The highest BCUT2D eigenvalue weighted by molar-refractivity contribution is 5.75. The van der Waals surface area contributed by atoms with Crippen molar-refractivity contribution in [2.75, 3.05) is 6.54 Å². The van der Waals surface area contributed by atoms with E-state index in [2.05, 4.69) is 24.1 Å². The van der Waals surface area contributed by atoms with Gasteiger partial charge in [-0.1, -0.05) is 20.8 Å². The summed E-state index contributed by atoms with van der Waals surface area (Å²) in [5.41, 5.74) is 7.05. The van der Waals surface area contributed by atoms with Crippen LogP contribution in [-0.4, -0.2) is 22.0 Å². The molecule has 18 heavy (non-hydrogen) atoms. The number of aromatic nitrogens is 2. The van der Waals surface area contributed by atoms with E-state index in [1.807, 2.05) is 11.5 Å². The number of imidazole rings is 1. The molecule has 0 aliphatic rings. The second kappa shape index (κ2) is 7.16. The molecule has 0 fully saturated rings. The Morgan fingerprint density at radius 2 is 2.28 bits per heavy atom. The van der Waals surface area contributed by atoms with Crippen molar-refractivity contribution in [1.82, 2.24) is 14.9 Å². The third-order valence-electron chi connectivity index (χ3n) is 2.74. The lowest BCUT2D eigenvalue weighted by Crippen LogP contribution is -2.29. The van der Waals surface area contributed by atoms with E-state index in [1.54, 1.807) is 12.5 Å². The second-order valence-corrected chi connectivity index (χ2v) is 5.03. The van der Waals surface area contributed by atoms with E-state index in [4.69, 9.17) is 5.73 Å². The molecule has 5 nitrogen and oxygen atoms in total. The monoisotopic (exact) mass is 252 g/mol. The van der Waals surface area contributed by atoms with Crippen LogP contribution in [0.25, 0.3) is 0 Å². The first-order valence-corrected chi connectivity index (χ1v) is 6.56. The SMILES string of the molecule is CCCNC(=O)Cn1cncc1C(N)CC(C)C. The molecule has 102 valence electrons. The van der Waals surface area contributed by atoms with Crippen LogP contribution >= 0.6 is 0 Å². The molecule has 0 aromatic carbocycles. The number of carbonyl (C=O) groups is 1. The molecule has 1 heterocycles. The summed E-state index contributed by atoms with van der Waals surface area (Å²) >= 11 is 0. The van der Waals surface area contributed by atoms with Gasteiger partial charge >= 0.3 is 0 Å². The van der Waals surface area contributed by atoms with Crippen molar-refractivity contribution in [3.63, 3.8) is 0 Å². The molecule has 1 amide bonds. The van der Waals surface area contributed by atoms with Crippen molar-refractivity contribution < 1.29 is 4.79 Å². The van der Waals surface area contributed by atoms with Gasteiger partial charge in [-0.15, -0.1) is 0 Å². The molecular formula is C13H24N4O. The maximum absolute atomic E-state index is 11.7. The quantitative estimate of drug-likeness (QED) is 0.771. The fourth-order valence-electron chi connectivity index (χ4n) is 1.88. The summed E-state index contributed by atoms with van der Waals surface area (Å²) in [5, 5.41) is 2.85. The highest BCUT2D eigenvalue weighted by atomic mass is 16.1. The van der Waals surface area contributed by atoms with Crippen LogP contribution in [0.4, 0.5) is 0 Å². The minimum atomic E-state index is -0.0634. The molecule has 0 saturated heterocycles. The summed E-state index contributed by atoms with van der Waals surface area (Å²) in [7, 11) is 0. The molecule has 0 bridgehead atoms. The van der Waals surface area contributed by atoms with Crippen molar-refractivity contribution in [2.45, 2.75) is 46.2 Å². The number of hydrogen-bond donors (Lipinski definition) is 2. The van der Waals surface area contributed by atoms with Crippen LogP contribution in [0, 0.1) is 5.92 Å². The van der Waals surface area contributed by atoms with E-state index < -0.39 is 0 Å². The van der Waals surface area contributed by atoms with E-state index >= 15 is 0 Å². The molecule has 1 aromatic heterocycles. The van der Waals surface area contributed by atoms with Gasteiger partial charge in [-0.3, -0.25) is 4.79 Å². The van der Waals surface area contributed by atoms with E-state index in [0.717, 1.165) is 18.5 Å². The fourth-order valence-corrected chi connectivity index (χ4v) is 1.88. The summed E-state index contributed by atoms with van der Waals surface area (Å²) in [6, 6.07) is -0.0634. The molecule has 1 rings (SSSR count). The molecule has 0 aliphatic carbocycles. The number of nitrogens with zero attached hydrogens (tertiary/aromatic N) is 2. The number of rotatable bonds is 7. The Hall–Kier alpha value is -1.36. The summed E-state index contributed by atoms with van der Waals surface area (Å²) < 4.78 is 1.83. The zero-order valence-electron chi connectivity index (χ0n) is 11.5. The lowest BCUT2D eigenvalue weighted by Gasteiger charge is -2.16. The number of hydrogen-bond acceptors (Lipinski definition) is 3. The Labute approximate surface area is 109 Å². The third-order valence-corrected chi connectivity index (χ3v) is 2.74. The molecule has 1 unspecified atom stereocenters. The highest BCUT2D eigenvalue weighted by Gasteiger charge is 2.14.